The predicted octanol–water partition coefficient (Wildman–Crippen LogP) is 3.72. The van der Waals surface area contributed by atoms with E-state index in [1.807, 2.05) is 12.1 Å². The summed E-state index contributed by atoms with van der Waals surface area (Å²) in [6, 6.07) is 18.2. The van der Waals surface area contributed by atoms with Crippen molar-refractivity contribution in [1.29, 1.82) is 10.5 Å². The lowest BCUT2D eigenvalue weighted by atomic mass is 10.1. The summed E-state index contributed by atoms with van der Waals surface area (Å²) in [6.45, 7) is 0. The molecule has 0 spiro atoms. The Kier molecular flexibility index (Phi) is 4.67. The Morgan fingerprint density at radius 2 is 1.45 bits per heavy atom. The van der Waals surface area contributed by atoms with Gasteiger partial charge in [-0.2, -0.15) is 10.5 Å². The maximum Gasteiger partial charge on any atom is 0.335 e. The van der Waals surface area contributed by atoms with Gasteiger partial charge in [0.25, 0.3) is 11.8 Å². The third kappa shape index (κ3) is 3.35. The molecule has 8 nitrogen and oxygen atoms in total. The molecule has 4 rings (SSSR count). The second kappa shape index (κ2) is 7.47. The van der Waals surface area contributed by atoms with Crippen LogP contribution in [0.4, 0.5) is 5.69 Å². The minimum Gasteiger partial charge on any atom is -0.478 e. The van der Waals surface area contributed by atoms with Gasteiger partial charge in [0.1, 0.15) is 23.6 Å². The summed E-state index contributed by atoms with van der Waals surface area (Å²) in [5.41, 5.74) is 0.812. The summed E-state index contributed by atoms with van der Waals surface area (Å²) in [5.74, 6) is -1.60. The molecular weight excluding hydrogens is 398 g/mol. The minimum atomic E-state index is -1.19. The van der Waals surface area contributed by atoms with E-state index in [1.54, 1.807) is 18.2 Å². The van der Waals surface area contributed by atoms with Crippen LogP contribution in [-0.2, 0) is 0 Å². The molecule has 148 valence electrons. The van der Waals surface area contributed by atoms with Gasteiger partial charge in [-0.1, -0.05) is 0 Å². The van der Waals surface area contributed by atoms with Gasteiger partial charge in [-0.25, -0.2) is 9.69 Å². The lowest BCUT2D eigenvalue weighted by molar-refractivity contribution is 0.0696. The predicted molar refractivity (Wildman–Crippen MR) is 107 cm³/mol. The summed E-state index contributed by atoms with van der Waals surface area (Å²) in [6.07, 6.45) is 0. The first kappa shape index (κ1) is 19.4. The quantitative estimate of drug-likeness (QED) is 0.650. The molecule has 1 aliphatic heterocycles. The highest BCUT2D eigenvalue weighted by Crippen LogP contribution is 2.31. The summed E-state index contributed by atoms with van der Waals surface area (Å²) >= 11 is 0. The Balaban J connectivity index is 1.58. The van der Waals surface area contributed by atoms with Crippen molar-refractivity contribution in [3.63, 3.8) is 0 Å². The molecule has 0 saturated carbocycles. The molecule has 2 amide bonds. The fourth-order valence-corrected chi connectivity index (χ4v) is 3.18. The molecule has 31 heavy (non-hydrogen) atoms. The van der Waals surface area contributed by atoms with Gasteiger partial charge in [0.2, 0.25) is 0 Å². The zero-order valence-electron chi connectivity index (χ0n) is 15.7. The molecule has 1 heterocycles. The fraction of sp³-hybridized carbons (Fsp3) is 0. The van der Waals surface area contributed by atoms with Crippen LogP contribution in [0.3, 0.4) is 0 Å². The molecule has 0 bridgehead atoms. The van der Waals surface area contributed by atoms with Crippen LogP contribution in [0.25, 0.3) is 0 Å². The topological polar surface area (TPSA) is 131 Å². The normalized spacial score (nSPS) is 12.1. The molecule has 3 aromatic rings. The number of amides is 2. The number of hydrogen-bond donors (Lipinski definition) is 1. The van der Waals surface area contributed by atoms with Gasteiger partial charge < -0.3 is 9.84 Å². The van der Waals surface area contributed by atoms with Crippen molar-refractivity contribution >= 4 is 23.5 Å². The van der Waals surface area contributed by atoms with Gasteiger partial charge in [0.15, 0.2) is 0 Å². The number of benzene rings is 3. The Labute approximate surface area is 175 Å². The summed E-state index contributed by atoms with van der Waals surface area (Å²) in [4.78, 5) is 37.5. The Hall–Kier alpha value is -4.95. The first-order valence-electron chi connectivity index (χ1n) is 8.91. The van der Waals surface area contributed by atoms with Crippen LogP contribution in [0.1, 0.15) is 42.2 Å². The zero-order chi connectivity index (χ0) is 22.1. The highest BCUT2D eigenvalue weighted by molar-refractivity contribution is 6.34. The molecule has 3 aromatic carbocycles. The Morgan fingerprint density at radius 1 is 0.806 bits per heavy atom. The third-order valence-corrected chi connectivity index (χ3v) is 4.70. The number of hydrogen-bond acceptors (Lipinski definition) is 6. The number of nitriles is 2. The summed E-state index contributed by atoms with van der Waals surface area (Å²) < 4.78 is 5.68. The number of anilines is 1. The monoisotopic (exact) mass is 409 g/mol. The van der Waals surface area contributed by atoms with Crippen LogP contribution in [0.2, 0.25) is 0 Å². The zero-order valence-corrected chi connectivity index (χ0v) is 15.7. The lowest BCUT2D eigenvalue weighted by Crippen LogP contribution is -2.29. The van der Waals surface area contributed by atoms with E-state index >= 15 is 0 Å². The van der Waals surface area contributed by atoms with E-state index in [4.69, 9.17) is 20.4 Å². The van der Waals surface area contributed by atoms with Gasteiger partial charge >= 0.3 is 5.97 Å². The fourth-order valence-electron chi connectivity index (χ4n) is 3.18. The summed E-state index contributed by atoms with van der Waals surface area (Å²) in [5, 5.41) is 27.2. The number of carbonyl (C=O) groups is 3. The largest absolute Gasteiger partial charge is 0.478 e. The molecule has 8 heteroatoms. The molecule has 0 saturated heterocycles. The van der Waals surface area contributed by atoms with Crippen LogP contribution < -0.4 is 9.64 Å². The van der Waals surface area contributed by atoms with E-state index in [0.29, 0.717) is 17.2 Å². The average Bonchev–Trinajstić information content (AvgIpc) is 3.03. The molecule has 0 atom stereocenters. The summed E-state index contributed by atoms with van der Waals surface area (Å²) in [7, 11) is 0. The highest BCUT2D eigenvalue weighted by atomic mass is 16.5. The van der Waals surface area contributed by atoms with Crippen LogP contribution in [0.5, 0.6) is 11.5 Å². The van der Waals surface area contributed by atoms with Crippen molar-refractivity contribution in [2.75, 3.05) is 4.90 Å². The van der Waals surface area contributed by atoms with Gasteiger partial charge in [-0.3, -0.25) is 9.59 Å². The van der Waals surface area contributed by atoms with Crippen LogP contribution in [0, 0.1) is 22.7 Å². The first-order chi connectivity index (χ1) is 14.9. The van der Waals surface area contributed by atoms with E-state index in [2.05, 4.69) is 0 Å². The third-order valence-electron chi connectivity index (χ3n) is 4.70. The number of fused-ring (bicyclic) bond motifs is 1. The second-order valence-corrected chi connectivity index (χ2v) is 6.54. The molecule has 1 aliphatic rings. The van der Waals surface area contributed by atoms with E-state index in [-0.39, 0.29) is 27.8 Å². The van der Waals surface area contributed by atoms with Crippen molar-refractivity contribution in [2.24, 2.45) is 0 Å². The van der Waals surface area contributed by atoms with E-state index < -0.39 is 17.8 Å². The van der Waals surface area contributed by atoms with Crippen molar-refractivity contribution < 1.29 is 24.2 Å². The lowest BCUT2D eigenvalue weighted by Gasteiger charge is -2.14. The number of carbonyl (C=O) groups excluding carboxylic acids is 2. The molecule has 0 aliphatic carbocycles. The molecular formula is C23H11N3O5. The van der Waals surface area contributed by atoms with Crippen LogP contribution >= 0.6 is 0 Å². The molecule has 0 aromatic heterocycles. The number of aromatic carboxylic acids is 1. The first-order valence-corrected chi connectivity index (χ1v) is 8.91. The Bertz CT molecular complexity index is 1350. The van der Waals surface area contributed by atoms with Gasteiger partial charge in [-0.15, -0.1) is 0 Å². The molecule has 0 fully saturated rings. The molecule has 1 N–H and O–H groups in total. The molecule has 0 unspecified atom stereocenters. The van der Waals surface area contributed by atoms with E-state index in [1.165, 1.54) is 42.5 Å². The van der Waals surface area contributed by atoms with E-state index in [9.17, 15) is 14.4 Å². The number of rotatable bonds is 4. The van der Waals surface area contributed by atoms with Crippen LogP contribution in [0.15, 0.2) is 60.7 Å². The SMILES string of the molecule is N#Cc1ccc(Oc2ccc(N3C(=O)c4ccc(C(=O)O)cc4C3=O)cc2)cc1C#N. The molecule has 0 radical (unpaired) electrons. The number of carboxylic acid groups (broad SMARTS) is 1. The number of nitrogens with zero attached hydrogens (tertiary/aromatic N) is 3. The van der Waals surface area contributed by atoms with Gasteiger partial charge in [0.05, 0.1) is 33.5 Å². The highest BCUT2D eigenvalue weighted by Gasteiger charge is 2.37. The standard InChI is InChI=1S/C23H11N3O5/c24-11-14-1-5-18(9-15(14)12-25)31-17-6-3-16(4-7-17)26-21(27)19-8-2-13(23(29)30)10-20(19)22(26)28/h1-10H,(H,29,30). The van der Waals surface area contributed by atoms with Gasteiger partial charge in [-0.05, 0) is 60.7 Å². The number of ether oxygens (including phenoxy) is 1. The minimum absolute atomic E-state index is 0.0341. The average molecular weight is 409 g/mol. The number of carboxylic acids is 1. The maximum atomic E-state index is 12.7. The van der Waals surface area contributed by atoms with Crippen molar-refractivity contribution in [3.05, 3.63) is 88.5 Å². The maximum absolute atomic E-state index is 12.7. The van der Waals surface area contributed by atoms with E-state index in [0.717, 1.165) is 4.90 Å². The van der Waals surface area contributed by atoms with Crippen molar-refractivity contribution in [3.8, 4) is 23.6 Å². The van der Waals surface area contributed by atoms with Crippen molar-refractivity contribution in [2.45, 2.75) is 0 Å². The van der Waals surface area contributed by atoms with Crippen molar-refractivity contribution in [1.82, 2.24) is 0 Å². The van der Waals surface area contributed by atoms with Gasteiger partial charge in [0, 0.05) is 0 Å². The van der Waals surface area contributed by atoms with Crippen LogP contribution in [-0.4, -0.2) is 22.9 Å². The smallest absolute Gasteiger partial charge is 0.335 e. The number of imide groups is 1. The second-order valence-electron chi connectivity index (χ2n) is 6.54. The Morgan fingerprint density at radius 3 is 2.10 bits per heavy atom.